The average Bonchev–Trinajstić information content (AvgIpc) is 2.26. The van der Waals surface area contributed by atoms with E-state index < -0.39 is 11.5 Å². The molecule has 0 radical (unpaired) electrons. The number of aliphatic carboxylic acids is 1. The second kappa shape index (κ2) is 5.65. The van der Waals surface area contributed by atoms with Crippen molar-refractivity contribution in [2.45, 2.75) is 53.1 Å². The third kappa shape index (κ3) is 2.69. The number of carboxylic acids is 1. The fraction of sp³-hybridized carbons (Fsp3) is 0.500. The summed E-state index contributed by atoms with van der Waals surface area (Å²) in [5.41, 5.74) is 1.23. The molecule has 0 aromatic heterocycles. The molecule has 4 heteroatoms. The van der Waals surface area contributed by atoms with Gasteiger partial charge in [0.25, 0.3) is 0 Å². The molecular weight excluding hydrogens is 254 g/mol. The van der Waals surface area contributed by atoms with E-state index in [1.165, 1.54) is 11.8 Å². The number of nitrogens with zero attached hydrogens (tertiary/aromatic N) is 1. The fourth-order valence-corrected chi connectivity index (χ4v) is 2.90. The minimum atomic E-state index is -1.36. The van der Waals surface area contributed by atoms with Crippen molar-refractivity contribution in [3.05, 3.63) is 34.9 Å². The van der Waals surface area contributed by atoms with Crippen LogP contribution in [0.5, 0.6) is 0 Å². The summed E-state index contributed by atoms with van der Waals surface area (Å²) in [6.45, 7) is 10.5. The van der Waals surface area contributed by atoms with Gasteiger partial charge < -0.3 is 10.0 Å². The molecule has 0 aliphatic rings. The molecule has 0 bridgehead atoms. The van der Waals surface area contributed by atoms with Crippen LogP contribution in [0, 0.1) is 13.8 Å². The number of carboxylic acid groups (broad SMARTS) is 1. The molecule has 0 aliphatic heterocycles. The van der Waals surface area contributed by atoms with Crippen molar-refractivity contribution in [1.29, 1.82) is 0 Å². The van der Waals surface area contributed by atoms with Gasteiger partial charge >= 0.3 is 5.97 Å². The third-order valence-electron chi connectivity index (χ3n) is 3.66. The second-order valence-electron chi connectivity index (χ2n) is 5.68. The minimum absolute atomic E-state index is 0.200. The highest BCUT2D eigenvalue weighted by molar-refractivity contribution is 5.87. The number of hydrogen-bond acceptors (Lipinski definition) is 2. The maximum absolute atomic E-state index is 12.0. The van der Waals surface area contributed by atoms with Crippen LogP contribution in [0.3, 0.4) is 0 Å². The molecule has 1 N–H and O–H groups in total. The molecule has 0 saturated carbocycles. The quantitative estimate of drug-likeness (QED) is 0.920. The first-order valence-corrected chi connectivity index (χ1v) is 6.73. The highest BCUT2D eigenvalue weighted by Crippen LogP contribution is 2.33. The Kier molecular flexibility index (Phi) is 4.58. The van der Waals surface area contributed by atoms with Gasteiger partial charge in [-0.25, -0.2) is 4.79 Å². The predicted molar refractivity (Wildman–Crippen MR) is 78.6 cm³/mol. The van der Waals surface area contributed by atoms with Crippen LogP contribution >= 0.6 is 0 Å². The Morgan fingerprint density at radius 3 is 2.15 bits per heavy atom. The van der Waals surface area contributed by atoms with Crippen molar-refractivity contribution in [3.8, 4) is 0 Å². The zero-order valence-electron chi connectivity index (χ0n) is 13.0. The Labute approximate surface area is 120 Å². The Hall–Kier alpha value is -1.84. The van der Waals surface area contributed by atoms with Crippen LogP contribution in [0.2, 0.25) is 0 Å². The van der Waals surface area contributed by atoms with Gasteiger partial charge in [0.05, 0.1) is 0 Å². The lowest BCUT2D eigenvalue weighted by atomic mass is 9.85. The van der Waals surface area contributed by atoms with E-state index in [4.69, 9.17) is 0 Å². The summed E-state index contributed by atoms with van der Waals surface area (Å²) in [6.07, 6.45) is 0. The van der Waals surface area contributed by atoms with Crippen LogP contribution in [0.25, 0.3) is 0 Å². The van der Waals surface area contributed by atoms with E-state index >= 15 is 0 Å². The van der Waals surface area contributed by atoms with Crippen LogP contribution in [-0.4, -0.2) is 27.9 Å². The van der Waals surface area contributed by atoms with Crippen LogP contribution in [0.1, 0.15) is 44.4 Å². The Bertz CT molecular complexity index is 537. The highest BCUT2D eigenvalue weighted by atomic mass is 16.4. The number of rotatable bonds is 4. The SMILES string of the molecule is CC(=O)N(C(C)C)C(C)(C(=O)O)c1ccc(C)cc1C. The lowest BCUT2D eigenvalue weighted by molar-refractivity contribution is -0.160. The molecular formula is C16H23NO3. The van der Waals surface area contributed by atoms with Gasteiger partial charge in [-0.15, -0.1) is 0 Å². The molecule has 1 aromatic rings. The summed E-state index contributed by atoms with van der Waals surface area (Å²) < 4.78 is 0. The number of carbonyl (C=O) groups is 2. The van der Waals surface area contributed by atoms with E-state index in [1.54, 1.807) is 13.0 Å². The van der Waals surface area contributed by atoms with E-state index in [1.807, 2.05) is 39.8 Å². The van der Waals surface area contributed by atoms with Crippen LogP contribution in [-0.2, 0) is 15.1 Å². The molecule has 1 amide bonds. The van der Waals surface area contributed by atoms with Crippen molar-refractivity contribution in [3.63, 3.8) is 0 Å². The molecule has 1 aromatic carbocycles. The Morgan fingerprint density at radius 2 is 1.80 bits per heavy atom. The normalized spacial score (nSPS) is 13.9. The van der Waals surface area contributed by atoms with Gasteiger partial charge in [-0.3, -0.25) is 4.79 Å². The van der Waals surface area contributed by atoms with Gasteiger partial charge in [-0.05, 0) is 45.7 Å². The van der Waals surface area contributed by atoms with E-state index in [2.05, 4.69) is 0 Å². The van der Waals surface area contributed by atoms with Gasteiger partial charge in [-0.1, -0.05) is 23.8 Å². The zero-order chi connectivity index (χ0) is 15.7. The first-order valence-electron chi connectivity index (χ1n) is 6.73. The van der Waals surface area contributed by atoms with Gasteiger partial charge in [0.2, 0.25) is 5.91 Å². The summed E-state index contributed by atoms with van der Waals surface area (Å²) >= 11 is 0. The number of hydrogen-bond donors (Lipinski definition) is 1. The van der Waals surface area contributed by atoms with Gasteiger partial charge in [0.1, 0.15) is 0 Å². The maximum atomic E-state index is 12.0. The second-order valence-corrected chi connectivity index (χ2v) is 5.68. The smallest absolute Gasteiger partial charge is 0.334 e. The molecule has 0 saturated heterocycles. The van der Waals surface area contributed by atoms with E-state index in [0.29, 0.717) is 5.56 Å². The van der Waals surface area contributed by atoms with E-state index in [-0.39, 0.29) is 11.9 Å². The van der Waals surface area contributed by atoms with Crippen LogP contribution < -0.4 is 0 Å². The molecule has 20 heavy (non-hydrogen) atoms. The molecule has 4 nitrogen and oxygen atoms in total. The highest BCUT2D eigenvalue weighted by Gasteiger charge is 2.45. The standard InChI is InChI=1S/C16H23NO3/c1-10(2)17(13(5)18)16(6,15(19)20)14-8-7-11(3)9-12(14)4/h7-10H,1-6H3,(H,19,20). The Balaban J connectivity index is 3.56. The monoisotopic (exact) mass is 277 g/mol. The minimum Gasteiger partial charge on any atom is -0.479 e. The van der Waals surface area contributed by atoms with Crippen molar-refractivity contribution in [2.24, 2.45) is 0 Å². The van der Waals surface area contributed by atoms with Crippen molar-refractivity contribution in [2.75, 3.05) is 0 Å². The molecule has 0 fully saturated rings. The lowest BCUT2D eigenvalue weighted by Crippen LogP contribution is -2.55. The number of amides is 1. The summed E-state index contributed by atoms with van der Waals surface area (Å²) in [6, 6.07) is 5.42. The molecule has 110 valence electrons. The van der Waals surface area contributed by atoms with Gasteiger partial charge in [0, 0.05) is 13.0 Å². The average molecular weight is 277 g/mol. The van der Waals surface area contributed by atoms with Crippen molar-refractivity contribution < 1.29 is 14.7 Å². The number of benzene rings is 1. The molecule has 1 rings (SSSR count). The number of aryl methyl sites for hydroxylation is 2. The maximum Gasteiger partial charge on any atom is 0.334 e. The van der Waals surface area contributed by atoms with Crippen LogP contribution in [0.15, 0.2) is 18.2 Å². The first-order chi connectivity index (χ1) is 9.12. The molecule has 0 spiro atoms. The summed E-state index contributed by atoms with van der Waals surface area (Å²) in [7, 11) is 0. The van der Waals surface area contributed by atoms with Crippen molar-refractivity contribution >= 4 is 11.9 Å². The number of carbonyl (C=O) groups excluding carboxylic acids is 1. The van der Waals surface area contributed by atoms with E-state index in [9.17, 15) is 14.7 Å². The van der Waals surface area contributed by atoms with Gasteiger partial charge in [0.15, 0.2) is 5.54 Å². The lowest BCUT2D eigenvalue weighted by Gasteiger charge is -2.41. The van der Waals surface area contributed by atoms with Crippen LogP contribution in [0.4, 0.5) is 0 Å². The van der Waals surface area contributed by atoms with Gasteiger partial charge in [-0.2, -0.15) is 0 Å². The molecule has 0 heterocycles. The summed E-state index contributed by atoms with van der Waals surface area (Å²) in [5, 5.41) is 9.75. The predicted octanol–water partition coefficient (Wildman–Crippen LogP) is 2.86. The largest absolute Gasteiger partial charge is 0.479 e. The molecule has 1 unspecified atom stereocenters. The van der Waals surface area contributed by atoms with Crippen molar-refractivity contribution in [1.82, 2.24) is 4.90 Å². The molecule has 0 aliphatic carbocycles. The zero-order valence-corrected chi connectivity index (χ0v) is 13.0. The molecule has 1 atom stereocenters. The summed E-state index contributed by atoms with van der Waals surface area (Å²) in [5.74, 6) is -1.27. The van der Waals surface area contributed by atoms with E-state index in [0.717, 1.165) is 11.1 Å². The summed E-state index contributed by atoms with van der Waals surface area (Å²) in [4.78, 5) is 25.3. The third-order valence-corrected chi connectivity index (χ3v) is 3.66. The first kappa shape index (κ1) is 16.2. The topological polar surface area (TPSA) is 57.6 Å². The Morgan fingerprint density at radius 1 is 1.25 bits per heavy atom. The fourth-order valence-electron chi connectivity index (χ4n) is 2.90.